The smallest absolute Gasteiger partial charge is 0.317 e. The Morgan fingerprint density at radius 1 is 1.23 bits per heavy atom. The lowest BCUT2D eigenvalue weighted by Crippen LogP contribution is -2.15. The van der Waals surface area contributed by atoms with E-state index >= 15 is 0 Å². The van der Waals surface area contributed by atoms with Crippen LogP contribution in [0, 0.1) is 5.82 Å². The van der Waals surface area contributed by atoms with Crippen LogP contribution < -0.4 is 10.1 Å². The first kappa shape index (κ1) is 16.9. The van der Waals surface area contributed by atoms with Crippen LogP contribution >= 0.6 is 11.6 Å². The molecular formula is C17H15ClFN5O2. The van der Waals surface area contributed by atoms with Gasteiger partial charge in [0.25, 0.3) is 0 Å². The number of aromatic nitrogens is 4. The highest BCUT2D eigenvalue weighted by Gasteiger charge is 2.25. The second-order valence-electron chi connectivity index (χ2n) is 6.07. The third kappa shape index (κ3) is 3.51. The van der Waals surface area contributed by atoms with Crippen LogP contribution in [0.15, 0.2) is 30.7 Å². The quantitative estimate of drug-likeness (QED) is 0.723. The van der Waals surface area contributed by atoms with Gasteiger partial charge in [-0.1, -0.05) is 11.6 Å². The number of hydrogen-bond acceptors (Lipinski definition) is 7. The van der Waals surface area contributed by atoms with Crippen LogP contribution in [0.4, 0.5) is 15.9 Å². The first-order chi connectivity index (χ1) is 12.6. The van der Waals surface area contributed by atoms with Crippen LogP contribution in [-0.2, 0) is 0 Å². The molecule has 0 aliphatic heterocycles. The van der Waals surface area contributed by atoms with E-state index in [4.69, 9.17) is 16.3 Å². The Hall–Kier alpha value is -2.58. The second-order valence-corrected chi connectivity index (χ2v) is 6.48. The molecule has 0 amide bonds. The maximum Gasteiger partial charge on any atom is 0.317 e. The van der Waals surface area contributed by atoms with Gasteiger partial charge in [0.15, 0.2) is 5.82 Å². The molecule has 1 aromatic carbocycles. The van der Waals surface area contributed by atoms with Crippen molar-refractivity contribution in [3.63, 3.8) is 0 Å². The van der Waals surface area contributed by atoms with E-state index in [-0.39, 0.29) is 23.2 Å². The Morgan fingerprint density at radius 3 is 2.88 bits per heavy atom. The molecule has 2 atom stereocenters. The molecule has 1 saturated carbocycles. The lowest BCUT2D eigenvalue weighted by molar-refractivity contribution is 0.144. The number of nitrogens with one attached hydrogen (secondary N) is 1. The first-order valence-electron chi connectivity index (χ1n) is 8.13. The van der Waals surface area contributed by atoms with E-state index in [2.05, 4.69) is 25.3 Å². The van der Waals surface area contributed by atoms with Crippen molar-refractivity contribution in [1.29, 1.82) is 0 Å². The Kier molecular flexibility index (Phi) is 4.52. The van der Waals surface area contributed by atoms with Gasteiger partial charge in [-0.2, -0.15) is 4.98 Å². The Balaban J connectivity index is 1.63. The molecule has 7 nitrogen and oxygen atoms in total. The summed E-state index contributed by atoms with van der Waals surface area (Å²) in [7, 11) is 0. The van der Waals surface area contributed by atoms with Crippen molar-refractivity contribution in [3.05, 3.63) is 41.6 Å². The molecule has 134 valence electrons. The fourth-order valence-corrected chi connectivity index (χ4v) is 3.05. The van der Waals surface area contributed by atoms with Gasteiger partial charge in [0.2, 0.25) is 0 Å². The molecule has 4 rings (SSSR count). The molecule has 0 radical (unpaired) electrons. The van der Waals surface area contributed by atoms with Crippen molar-refractivity contribution in [2.75, 3.05) is 5.32 Å². The Bertz CT molecular complexity index is 958. The largest absolute Gasteiger partial charge is 0.460 e. The van der Waals surface area contributed by atoms with Gasteiger partial charge in [-0.3, -0.25) is 0 Å². The van der Waals surface area contributed by atoms with Crippen molar-refractivity contribution in [3.8, 4) is 6.01 Å². The molecule has 1 aliphatic carbocycles. The predicted molar refractivity (Wildman–Crippen MR) is 94.1 cm³/mol. The standard InChI is InChI=1S/C17H15ClFN5O2/c18-12-5-9(1-4-13(12)19)23-16-15-14(21-8-22-16)7-20-17(24-15)26-11-3-2-10(25)6-11/h1,4-5,7-8,10-11,25H,2-3,6H2,(H,21,22,23). The number of benzene rings is 1. The van der Waals surface area contributed by atoms with Crippen LogP contribution in [-0.4, -0.2) is 37.3 Å². The van der Waals surface area contributed by atoms with Crippen molar-refractivity contribution in [1.82, 2.24) is 19.9 Å². The number of fused-ring (bicyclic) bond motifs is 1. The van der Waals surface area contributed by atoms with E-state index in [0.29, 0.717) is 35.4 Å². The van der Waals surface area contributed by atoms with Gasteiger partial charge in [0, 0.05) is 12.1 Å². The average molecular weight is 376 g/mol. The van der Waals surface area contributed by atoms with Crippen LogP contribution in [0.1, 0.15) is 19.3 Å². The SMILES string of the molecule is OC1CCC(Oc2ncc3ncnc(Nc4ccc(F)c(Cl)c4)c3n2)C1. The zero-order chi connectivity index (χ0) is 18.1. The zero-order valence-electron chi connectivity index (χ0n) is 13.6. The second kappa shape index (κ2) is 6.97. The molecule has 26 heavy (non-hydrogen) atoms. The van der Waals surface area contributed by atoms with Gasteiger partial charge < -0.3 is 15.2 Å². The molecule has 2 heterocycles. The maximum atomic E-state index is 13.3. The van der Waals surface area contributed by atoms with E-state index in [1.165, 1.54) is 18.5 Å². The minimum absolute atomic E-state index is 0.00630. The molecule has 1 fully saturated rings. The number of nitrogens with zero attached hydrogens (tertiary/aromatic N) is 4. The van der Waals surface area contributed by atoms with Gasteiger partial charge in [-0.15, -0.1) is 0 Å². The molecule has 1 aliphatic rings. The van der Waals surface area contributed by atoms with Gasteiger partial charge in [0.1, 0.15) is 29.3 Å². The van der Waals surface area contributed by atoms with Gasteiger partial charge >= 0.3 is 6.01 Å². The van der Waals surface area contributed by atoms with Gasteiger partial charge in [-0.25, -0.2) is 19.3 Å². The Labute approximate surface area is 153 Å². The summed E-state index contributed by atoms with van der Waals surface area (Å²) in [5, 5.41) is 12.7. The van der Waals surface area contributed by atoms with Crippen molar-refractivity contribution in [2.45, 2.75) is 31.5 Å². The lowest BCUT2D eigenvalue weighted by Gasteiger charge is -2.12. The normalized spacial score (nSPS) is 19.7. The van der Waals surface area contributed by atoms with Crippen molar-refractivity contribution >= 4 is 34.1 Å². The van der Waals surface area contributed by atoms with E-state index in [1.807, 2.05) is 0 Å². The third-order valence-electron chi connectivity index (χ3n) is 4.17. The number of aliphatic hydroxyl groups is 1. The number of ether oxygens (including phenoxy) is 1. The van der Waals surface area contributed by atoms with E-state index in [9.17, 15) is 9.50 Å². The molecule has 3 aromatic rings. The van der Waals surface area contributed by atoms with Gasteiger partial charge in [0.05, 0.1) is 17.3 Å². The summed E-state index contributed by atoms with van der Waals surface area (Å²) in [6, 6.07) is 4.48. The molecule has 0 bridgehead atoms. The number of hydrogen-bond donors (Lipinski definition) is 2. The molecule has 2 aromatic heterocycles. The number of anilines is 2. The predicted octanol–water partition coefficient (Wildman–Crippen LogP) is 3.25. The third-order valence-corrected chi connectivity index (χ3v) is 4.46. The first-order valence-corrected chi connectivity index (χ1v) is 8.51. The summed E-state index contributed by atoms with van der Waals surface area (Å²) in [5.74, 6) is -0.0714. The maximum absolute atomic E-state index is 13.3. The molecule has 2 unspecified atom stereocenters. The number of aliphatic hydroxyl groups excluding tert-OH is 1. The summed E-state index contributed by atoms with van der Waals surface area (Å²) in [6.45, 7) is 0. The van der Waals surface area contributed by atoms with Gasteiger partial charge in [-0.05, 0) is 31.0 Å². The van der Waals surface area contributed by atoms with Crippen molar-refractivity contribution < 1.29 is 14.2 Å². The molecule has 9 heteroatoms. The van der Waals surface area contributed by atoms with E-state index in [0.717, 1.165) is 6.42 Å². The number of rotatable bonds is 4. The van der Waals surface area contributed by atoms with Crippen LogP contribution in [0.25, 0.3) is 11.0 Å². The topological polar surface area (TPSA) is 93.0 Å². The molecule has 0 saturated heterocycles. The summed E-state index contributed by atoms with van der Waals surface area (Å²) in [5.41, 5.74) is 1.57. The fraction of sp³-hybridized carbons (Fsp3) is 0.294. The highest BCUT2D eigenvalue weighted by Crippen LogP contribution is 2.27. The fourth-order valence-electron chi connectivity index (χ4n) is 2.87. The highest BCUT2D eigenvalue weighted by atomic mass is 35.5. The lowest BCUT2D eigenvalue weighted by atomic mass is 10.3. The summed E-state index contributed by atoms with van der Waals surface area (Å²) in [6.07, 6.45) is 4.50. The summed E-state index contributed by atoms with van der Waals surface area (Å²) >= 11 is 5.82. The molecule has 2 N–H and O–H groups in total. The summed E-state index contributed by atoms with van der Waals surface area (Å²) < 4.78 is 19.1. The molecular weight excluding hydrogens is 361 g/mol. The van der Waals surface area contributed by atoms with E-state index < -0.39 is 5.82 Å². The van der Waals surface area contributed by atoms with Crippen molar-refractivity contribution in [2.24, 2.45) is 0 Å². The molecule has 0 spiro atoms. The average Bonchev–Trinajstić information content (AvgIpc) is 3.03. The minimum atomic E-state index is -0.499. The number of halogens is 2. The monoisotopic (exact) mass is 375 g/mol. The Morgan fingerprint density at radius 2 is 2.12 bits per heavy atom. The van der Waals surface area contributed by atoms with Crippen LogP contribution in [0.3, 0.4) is 0 Å². The van der Waals surface area contributed by atoms with E-state index in [1.54, 1.807) is 12.3 Å². The van der Waals surface area contributed by atoms with Crippen LogP contribution in [0.5, 0.6) is 6.01 Å². The van der Waals surface area contributed by atoms with Crippen LogP contribution in [0.2, 0.25) is 5.02 Å². The zero-order valence-corrected chi connectivity index (χ0v) is 14.3. The highest BCUT2D eigenvalue weighted by molar-refractivity contribution is 6.31. The minimum Gasteiger partial charge on any atom is -0.460 e. The summed E-state index contributed by atoms with van der Waals surface area (Å²) in [4.78, 5) is 16.9.